The lowest BCUT2D eigenvalue weighted by atomic mass is 10.1. The molecule has 8 heteroatoms. The molecule has 1 radical (unpaired) electrons. The maximum absolute atomic E-state index is 14.6. The van der Waals surface area contributed by atoms with E-state index in [9.17, 15) is 14.3 Å². The summed E-state index contributed by atoms with van der Waals surface area (Å²) in [5.74, 6) is -1.40. The number of aromatic carboxylic acids is 1. The molecule has 1 aliphatic rings. The Morgan fingerprint density at radius 3 is 2.52 bits per heavy atom. The lowest BCUT2D eigenvalue weighted by molar-refractivity contribution is 0.0686. The van der Waals surface area contributed by atoms with Gasteiger partial charge in [0.05, 0.1) is 5.52 Å². The Labute approximate surface area is 169 Å². The molecule has 0 spiro atoms. The van der Waals surface area contributed by atoms with Crippen molar-refractivity contribution >= 4 is 30.2 Å². The molecule has 2 heterocycles. The molecule has 0 aliphatic carbocycles. The number of aromatic nitrogens is 1. The van der Waals surface area contributed by atoms with Gasteiger partial charge in [0.1, 0.15) is 11.5 Å². The van der Waals surface area contributed by atoms with E-state index in [1.807, 2.05) is 30.3 Å². The van der Waals surface area contributed by atoms with Crippen LogP contribution in [0.25, 0.3) is 10.9 Å². The molecule has 1 aromatic heterocycles. The van der Waals surface area contributed by atoms with E-state index in [0.717, 1.165) is 29.7 Å². The van der Waals surface area contributed by atoms with Gasteiger partial charge in [0.25, 0.3) is 0 Å². The Hall–Kier alpha value is -2.84. The highest BCUT2D eigenvalue weighted by Crippen LogP contribution is 2.32. The summed E-state index contributed by atoms with van der Waals surface area (Å²) in [6, 6.07) is 14.2. The standard InChI is InChI=1S/C21H22BFN3O3/c1-29-22-25-9-7-24(8-10-25)18-11-16(23)12-19-17(18)13-20(21(27)28)26(19)14-15-5-3-2-4-6-15/h2-6,11-13H,7-10,14H2,1H3,(H,27,28). The quantitative estimate of drug-likeness (QED) is 0.652. The average molecular weight is 394 g/mol. The van der Waals surface area contributed by atoms with Crippen molar-refractivity contribution in [3.8, 4) is 0 Å². The summed E-state index contributed by atoms with van der Waals surface area (Å²) in [5.41, 5.74) is 2.43. The second-order valence-electron chi connectivity index (χ2n) is 7.13. The third kappa shape index (κ3) is 3.99. The van der Waals surface area contributed by atoms with Crippen LogP contribution >= 0.6 is 0 Å². The molecule has 1 aliphatic heterocycles. The molecular weight excluding hydrogens is 372 g/mol. The summed E-state index contributed by atoms with van der Waals surface area (Å²) in [6.07, 6.45) is 0. The molecule has 1 N–H and O–H groups in total. The van der Waals surface area contributed by atoms with Crippen LogP contribution in [-0.4, -0.2) is 61.4 Å². The van der Waals surface area contributed by atoms with Gasteiger partial charge >= 0.3 is 13.6 Å². The zero-order valence-corrected chi connectivity index (χ0v) is 16.2. The first kappa shape index (κ1) is 19.5. The molecule has 3 aromatic rings. The fourth-order valence-corrected chi connectivity index (χ4v) is 3.90. The number of hydrogen-bond acceptors (Lipinski definition) is 4. The Kier molecular flexibility index (Phi) is 5.55. The third-order valence-corrected chi connectivity index (χ3v) is 5.28. The second kappa shape index (κ2) is 8.27. The summed E-state index contributed by atoms with van der Waals surface area (Å²) in [4.78, 5) is 16.1. The van der Waals surface area contributed by atoms with Crippen LogP contribution in [0.1, 0.15) is 16.1 Å². The largest absolute Gasteiger partial charge is 0.477 e. The van der Waals surface area contributed by atoms with E-state index in [-0.39, 0.29) is 11.5 Å². The zero-order chi connectivity index (χ0) is 20.4. The monoisotopic (exact) mass is 394 g/mol. The van der Waals surface area contributed by atoms with Crippen LogP contribution in [0.2, 0.25) is 0 Å². The molecule has 0 amide bonds. The highest BCUT2D eigenvalue weighted by molar-refractivity contribution is 6.23. The van der Waals surface area contributed by atoms with Gasteiger partial charge in [0.2, 0.25) is 0 Å². The van der Waals surface area contributed by atoms with Crippen LogP contribution in [0, 0.1) is 5.82 Å². The van der Waals surface area contributed by atoms with Gasteiger partial charge in [-0.15, -0.1) is 0 Å². The van der Waals surface area contributed by atoms with Gasteiger partial charge in [0.15, 0.2) is 0 Å². The van der Waals surface area contributed by atoms with Crippen molar-refractivity contribution in [3.63, 3.8) is 0 Å². The molecular formula is C21H22BFN3O3. The van der Waals surface area contributed by atoms with Crippen LogP contribution in [0.15, 0.2) is 48.5 Å². The Morgan fingerprint density at radius 2 is 1.86 bits per heavy atom. The predicted molar refractivity (Wildman–Crippen MR) is 111 cm³/mol. The summed E-state index contributed by atoms with van der Waals surface area (Å²) >= 11 is 0. The number of carboxylic acid groups (broad SMARTS) is 1. The molecule has 149 valence electrons. The zero-order valence-electron chi connectivity index (χ0n) is 16.2. The number of halogens is 1. The van der Waals surface area contributed by atoms with Gasteiger partial charge in [-0.25, -0.2) is 9.18 Å². The van der Waals surface area contributed by atoms with Crippen LogP contribution in [0.4, 0.5) is 10.1 Å². The topological polar surface area (TPSA) is 57.9 Å². The maximum atomic E-state index is 14.6. The Bertz CT molecular complexity index is 1020. The minimum atomic E-state index is -1.02. The summed E-state index contributed by atoms with van der Waals surface area (Å²) in [7, 11) is 3.31. The molecule has 0 atom stereocenters. The fourth-order valence-electron chi connectivity index (χ4n) is 3.90. The van der Waals surface area contributed by atoms with Gasteiger partial charge in [-0.05, 0) is 23.8 Å². The van der Waals surface area contributed by atoms with Crippen molar-refractivity contribution in [2.24, 2.45) is 0 Å². The van der Waals surface area contributed by atoms with Crippen LogP contribution in [-0.2, 0) is 11.2 Å². The van der Waals surface area contributed by atoms with E-state index in [4.69, 9.17) is 4.65 Å². The molecule has 1 saturated heterocycles. The third-order valence-electron chi connectivity index (χ3n) is 5.28. The number of nitrogens with zero attached hydrogens (tertiary/aromatic N) is 3. The van der Waals surface area contributed by atoms with Gasteiger partial charge in [0, 0.05) is 50.9 Å². The van der Waals surface area contributed by atoms with Crippen molar-refractivity contribution in [2.75, 3.05) is 38.2 Å². The van der Waals surface area contributed by atoms with Gasteiger partial charge < -0.3 is 24.0 Å². The van der Waals surface area contributed by atoms with Gasteiger partial charge in [-0.2, -0.15) is 0 Å². The molecule has 29 heavy (non-hydrogen) atoms. The van der Waals surface area contributed by atoms with E-state index in [2.05, 4.69) is 9.71 Å². The number of carboxylic acids is 1. The molecule has 6 nitrogen and oxygen atoms in total. The molecule has 0 unspecified atom stereocenters. The number of hydrogen-bond donors (Lipinski definition) is 1. The smallest absolute Gasteiger partial charge is 0.398 e. The predicted octanol–water partition coefficient (Wildman–Crippen LogP) is 2.83. The lowest BCUT2D eigenvalue weighted by Crippen LogP contribution is -2.48. The van der Waals surface area contributed by atoms with E-state index >= 15 is 0 Å². The molecule has 0 bridgehead atoms. The van der Waals surface area contributed by atoms with Crippen molar-refractivity contribution in [1.29, 1.82) is 0 Å². The first-order valence-electron chi connectivity index (χ1n) is 9.52. The minimum absolute atomic E-state index is 0.155. The number of benzene rings is 2. The normalized spacial score (nSPS) is 15.0. The minimum Gasteiger partial charge on any atom is -0.477 e. The fraction of sp³-hybridized carbons (Fsp3) is 0.286. The number of piperazine rings is 1. The number of anilines is 1. The molecule has 1 fully saturated rings. The molecule has 2 aromatic carbocycles. The second-order valence-corrected chi connectivity index (χ2v) is 7.13. The summed E-state index contributed by atoms with van der Waals surface area (Å²) in [6.45, 7) is 3.27. The van der Waals surface area contributed by atoms with E-state index in [1.165, 1.54) is 12.1 Å². The Balaban J connectivity index is 1.75. The number of rotatable bonds is 6. The summed E-state index contributed by atoms with van der Waals surface area (Å²) < 4.78 is 21.3. The van der Waals surface area contributed by atoms with E-state index < -0.39 is 5.97 Å². The van der Waals surface area contributed by atoms with Gasteiger partial charge in [-0.3, -0.25) is 0 Å². The van der Waals surface area contributed by atoms with Crippen LogP contribution in [0.3, 0.4) is 0 Å². The average Bonchev–Trinajstić information content (AvgIpc) is 3.07. The van der Waals surface area contributed by atoms with E-state index in [1.54, 1.807) is 25.4 Å². The van der Waals surface area contributed by atoms with Crippen molar-refractivity contribution < 1.29 is 18.9 Å². The molecule has 4 rings (SSSR count). The lowest BCUT2D eigenvalue weighted by Gasteiger charge is -2.35. The highest BCUT2D eigenvalue weighted by atomic mass is 19.1. The van der Waals surface area contributed by atoms with Crippen molar-refractivity contribution in [2.45, 2.75) is 6.54 Å². The number of fused-ring (bicyclic) bond motifs is 1. The van der Waals surface area contributed by atoms with E-state index in [0.29, 0.717) is 25.2 Å². The first-order chi connectivity index (χ1) is 14.1. The van der Waals surface area contributed by atoms with Crippen LogP contribution in [0.5, 0.6) is 0 Å². The number of carbonyl (C=O) groups is 1. The highest BCUT2D eigenvalue weighted by Gasteiger charge is 2.23. The SMILES string of the molecule is CO[B]N1CCN(c2cc(F)cc3c2cc(C(=O)O)n3Cc2ccccc2)CC1. The Morgan fingerprint density at radius 1 is 1.14 bits per heavy atom. The maximum Gasteiger partial charge on any atom is 0.398 e. The van der Waals surface area contributed by atoms with Crippen molar-refractivity contribution in [3.05, 3.63) is 65.6 Å². The first-order valence-corrected chi connectivity index (χ1v) is 9.52. The summed E-state index contributed by atoms with van der Waals surface area (Å²) in [5, 5.41) is 10.5. The van der Waals surface area contributed by atoms with Crippen molar-refractivity contribution in [1.82, 2.24) is 9.38 Å². The van der Waals surface area contributed by atoms with Gasteiger partial charge in [-0.1, -0.05) is 30.3 Å². The molecule has 0 saturated carbocycles. The van der Waals surface area contributed by atoms with Crippen LogP contribution < -0.4 is 4.90 Å².